The number of aliphatic carboxylic acids is 1. The highest BCUT2D eigenvalue weighted by molar-refractivity contribution is 5.70. The maximum absolute atomic E-state index is 12.9. The van der Waals surface area contributed by atoms with Crippen molar-refractivity contribution in [2.24, 2.45) is 0 Å². The Morgan fingerprint density at radius 2 is 0.651 bits per heavy atom. The third kappa shape index (κ3) is 64.6. The van der Waals surface area contributed by atoms with Crippen LogP contribution >= 0.6 is 0 Å². The second-order valence-corrected chi connectivity index (χ2v) is 22.6. The summed E-state index contributed by atoms with van der Waals surface area (Å²) in [7, 11) is 5.92. The average molecular weight is 1150 g/mol. The van der Waals surface area contributed by atoms with Crippen molar-refractivity contribution >= 4 is 17.9 Å². The van der Waals surface area contributed by atoms with E-state index >= 15 is 0 Å². The zero-order chi connectivity index (χ0) is 60.5. The molecular formula is C74H121NO8. The molecule has 83 heavy (non-hydrogen) atoms. The second kappa shape index (κ2) is 63.2. The molecule has 0 aromatic heterocycles. The van der Waals surface area contributed by atoms with Crippen LogP contribution in [0.15, 0.2) is 146 Å². The van der Waals surface area contributed by atoms with Crippen LogP contribution < -0.4 is 5.11 Å². The molecule has 2 unspecified atom stereocenters. The van der Waals surface area contributed by atoms with Gasteiger partial charge in [0.2, 0.25) is 0 Å². The summed E-state index contributed by atoms with van der Waals surface area (Å²) >= 11 is 0. The van der Waals surface area contributed by atoms with Gasteiger partial charge in [0.15, 0.2) is 12.4 Å². The average Bonchev–Trinajstić information content (AvgIpc) is 3.46. The summed E-state index contributed by atoms with van der Waals surface area (Å²) in [6, 6.07) is 0. The number of allylic oxidation sites excluding steroid dienone is 24. The molecule has 0 aromatic carbocycles. The van der Waals surface area contributed by atoms with E-state index < -0.39 is 24.3 Å². The molecule has 0 aromatic rings. The second-order valence-electron chi connectivity index (χ2n) is 22.6. The number of esters is 2. The fraction of sp³-hybridized carbons (Fsp3) is 0.635. The Balaban J connectivity index is 4.22. The predicted octanol–water partition coefficient (Wildman–Crippen LogP) is 19.0. The SMILES string of the molecule is CC/C=C\C/C=C\C/C=C\C/C=C\C/C=C\C/C=C\CCCCCCCCCCCCCCC(=O)OC(COC(=O)CCCCCCCCCC/C=C\C/C=C\C/C=C\C/C=C\C/C=C\C/C=C\CC)COC(OCC[N+](C)(C)C)C(=O)[O-]. The van der Waals surface area contributed by atoms with Gasteiger partial charge in [-0.25, -0.2) is 0 Å². The highest BCUT2D eigenvalue weighted by atomic mass is 16.7. The molecule has 0 bridgehead atoms. The summed E-state index contributed by atoms with van der Waals surface area (Å²) in [6.07, 6.45) is 89.0. The van der Waals surface area contributed by atoms with Gasteiger partial charge in [-0.3, -0.25) is 9.59 Å². The van der Waals surface area contributed by atoms with E-state index in [2.05, 4.69) is 160 Å². The first-order valence-electron chi connectivity index (χ1n) is 33.0. The number of quaternary nitrogens is 1. The van der Waals surface area contributed by atoms with E-state index in [1.165, 1.54) is 83.5 Å². The Morgan fingerprint density at radius 3 is 0.964 bits per heavy atom. The molecule has 0 aliphatic heterocycles. The minimum Gasteiger partial charge on any atom is -0.545 e. The van der Waals surface area contributed by atoms with Crippen molar-refractivity contribution in [2.45, 2.75) is 257 Å². The van der Waals surface area contributed by atoms with Gasteiger partial charge in [-0.15, -0.1) is 0 Å². The third-order valence-electron chi connectivity index (χ3n) is 13.6. The largest absolute Gasteiger partial charge is 0.545 e. The number of carboxylic acids is 1. The summed E-state index contributed by atoms with van der Waals surface area (Å²) in [5, 5.41) is 11.8. The summed E-state index contributed by atoms with van der Waals surface area (Å²) < 4.78 is 22.8. The monoisotopic (exact) mass is 1150 g/mol. The van der Waals surface area contributed by atoms with Crippen molar-refractivity contribution in [3.05, 3.63) is 146 Å². The number of unbranched alkanes of at least 4 members (excludes halogenated alkanes) is 20. The topological polar surface area (TPSA) is 111 Å². The summed E-state index contributed by atoms with van der Waals surface area (Å²) in [5.41, 5.74) is 0. The van der Waals surface area contributed by atoms with Gasteiger partial charge in [0, 0.05) is 12.8 Å². The third-order valence-corrected chi connectivity index (χ3v) is 13.6. The molecule has 0 saturated carbocycles. The molecule has 0 saturated heterocycles. The molecule has 9 heteroatoms. The Hall–Kier alpha value is -4.83. The van der Waals surface area contributed by atoms with Crippen LogP contribution in [-0.4, -0.2) is 82.3 Å². The van der Waals surface area contributed by atoms with Gasteiger partial charge in [-0.05, 0) is 116 Å². The van der Waals surface area contributed by atoms with Crippen LogP contribution in [0.5, 0.6) is 0 Å². The number of hydrogen-bond acceptors (Lipinski definition) is 8. The fourth-order valence-electron chi connectivity index (χ4n) is 8.60. The first-order valence-corrected chi connectivity index (χ1v) is 33.0. The minimum atomic E-state index is -1.63. The van der Waals surface area contributed by atoms with E-state index in [9.17, 15) is 19.5 Å². The summed E-state index contributed by atoms with van der Waals surface area (Å²) in [6.45, 7) is 4.50. The lowest BCUT2D eigenvalue weighted by molar-refractivity contribution is -0.870. The Morgan fingerprint density at radius 1 is 0.361 bits per heavy atom. The molecule has 9 nitrogen and oxygen atoms in total. The van der Waals surface area contributed by atoms with E-state index in [0.717, 1.165) is 128 Å². The van der Waals surface area contributed by atoms with Crippen LogP contribution in [0, 0.1) is 0 Å². The number of carbonyl (C=O) groups is 3. The molecule has 0 rings (SSSR count). The quantitative estimate of drug-likeness (QED) is 0.0195. The predicted molar refractivity (Wildman–Crippen MR) is 352 cm³/mol. The van der Waals surface area contributed by atoms with E-state index in [1.807, 2.05) is 21.1 Å². The van der Waals surface area contributed by atoms with Gasteiger partial charge in [0.05, 0.1) is 40.3 Å². The molecule has 0 radical (unpaired) electrons. The van der Waals surface area contributed by atoms with Crippen molar-refractivity contribution in [3.63, 3.8) is 0 Å². The molecule has 2 atom stereocenters. The van der Waals surface area contributed by atoms with Gasteiger partial charge < -0.3 is 33.3 Å². The molecule has 0 aliphatic carbocycles. The van der Waals surface area contributed by atoms with Crippen molar-refractivity contribution in [1.82, 2.24) is 0 Å². The first kappa shape index (κ1) is 78.2. The van der Waals surface area contributed by atoms with Crippen molar-refractivity contribution < 1.29 is 42.9 Å². The van der Waals surface area contributed by atoms with Gasteiger partial charge in [-0.2, -0.15) is 0 Å². The molecule has 0 amide bonds. The van der Waals surface area contributed by atoms with Crippen molar-refractivity contribution in [1.29, 1.82) is 0 Å². The Labute approximate surface area is 509 Å². The molecule has 0 heterocycles. The fourth-order valence-corrected chi connectivity index (χ4v) is 8.60. The lowest BCUT2D eigenvalue weighted by Crippen LogP contribution is -2.44. The maximum Gasteiger partial charge on any atom is 0.306 e. The van der Waals surface area contributed by atoms with Gasteiger partial charge in [0.25, 0.3) is 0 Å². The van der Waals surface area contributed by atoms with E-state index in [4.69, 9.17) is 18.9 Å². The van der Waals surface area contributed by atoms with Crippen LogP contribution in [0.2, 0.25) is 0 Å². The Kier molecular flexibility index (Phi) is 59.5. The highest BCUT2D eigenvalue weighted by Crippen LogP contribution is 2.16. The highest BCUT2D eigenvalue weighted by Gasteiger charge is 2.22. The van der Waals surface area contributed by atoms with E-state index in [0.29, 0.717) is 17.4 Å². The van der Waals surface area contributed by atoms with Crippen LogP contribution in [0.4, 0.5) is 0 Å². The van der Waals surface area contributed by atoms with Crippen molar-refractivity contribution in [2.75, 3.05) is 47.5 Å². The zero-order valence-corrected chi connectivity index (χ0v) is 53.5. The summed E-state index contributed by atoms with van der Waals surface area (Å²) in [5.74, 6) is -2.31. The zero-order valence-electron chi connectivity index (χ0n) is 53.5. The number of ether oxygens (including phenoxy) is 4. The van der Waals surface area contributed by atoms with Gasteiger partial charge >= 0.3 is 11.9 Å². The molecule has 470 valence electrons. The van der Waals surface area contributed by atoms with Gasteiger partial charge in [0.1, 0.15) is 13.2 Å². The van der Waals surface area contributed by atoms with E-state index in [1.54, 1.807) is 0 Å². The number of carboxylic acid groups (broad SMARTS) is 1. The van der Waals surface area contributed by atoms with Crippen LogP contribution in [0.1, 0.15) is 245 Å². The van der Waals surface area contributed by atoms with Gasteiger partial charge in [-0.1, -0.05) is 262 Å². The lowest BCUT2D eigenvalue weighted by Gasteiger charge is -2.26. The van der Waals surface area contributed by atoms with E-state index in [-0.39, 0.29) is 38.6 Å². The number of rotatable bonds is 59. The number of likely N-dealkylation sites (N-methyl/N-ethyl adjacent to an activating group) is 1. The smallest absolute Gasteiger partial charge is 0.306 e. The molecule has 0 spiro atoms. The standard InChI is InChI=1S/C74H121NO8/c1-6-8-10-12-14-16-18-20-22-24-26-28-30-32-34-35-36-37-39-41-43-45-47-49-51-53-55-57-59-61-63-65-72(77)83-70(69-82-74(73(78)79)80-67-66-75(3,4)5)68-81-71(76)64-62-60-58-56-54-52-50-48-46-44-42-40-38-33-31-29-27-25-23-21-19-17-15-13-11-9-7-2/h8-11,14-17,20-23,26-29,32-34,36-38,42,44,70,74H,6-7,12-13,18-19,24-25,30-31,35,39-41,43,45-69H2,1-5H3/b10-8-,11-9-,16-14-,17-15-,22-20-,23-21-,28-26-,29-27-,34-32-,37-36-,38-33-,44-42-. The molecule has 0 aliphatic rings. The molecule has 0 fully saturated rings. The first-order chi connectivity index (χ1) is 40.6. The maximum atomic E-state index is 12.9. The summed E-state index contributed by atoms with van der Waals surface area (Å²) in [4.78, 5) is 37.5. The Bertz CT molecular complexity index is 1870. The number of carbonyl (C=O) groups excluding carboxylic acids is 3. The lowest BCUT2D eigenvalue weighted by atomic mass is 10.0. The normalized spacial score (nSPS) is 13.7. The number of nitrogens with zero attached hydrogens (tertiary/aromatic N) is 1. The van der Waals surface area contributed by atoms with Crippen LogP contribution in [0.25, 0.3) is 0 Å². The van der Waals surface area contributed by atoms with Crippen LogP contribution in [-0.2, 0) is 33.3 Å². The molecule has 0 N–H and O–H groups in total. The van der Waals surface area contributed by atoms with Crippen molar-refractivity contribution in [3.8, 4) is 0 Å². The molecular weight excluding hydrogens is 1030 g/mol. The van der Waals surface area contributed by atoms with Crippen LogP contribution in [0.3, 0.4) is 0 Å². The minimum absolute atomic E-state index is 0.138. The number of hydrogen-bond donors (Lipinski definition) is 0.